The highest BCUT2D eigenvalue weighted by atomic mass is 35.5. The van der Waals surface area contributed by atoms with E-state index in [0.717, 1.165) is 31.5 Å². The van der Waals surface area contributed by atoms with Gasteiger partial charge in [0.2, 0.25) is 5.91 Å². The van der Waals surface area contributed by atoms with Gasteiger partial charge >= 0.3 is 6.61 Å². The molecule has 0 saturated carbocycles. The summed E-state index contributed by atoms with van der Waals surface area (Å²) in [6, 6.07) is 6.70. The van der Waals surface area contributed by atoms with Crippen LogP contribution in [0, 0.1) is 0 Å². The van der Waals surface area contributed by atoms with Crippen molar-refractivity contribution in [2.75, 3.05) is 26.7 Å². The van der Waals surface area contributed by atoms with Crippen molar-refractivity contribution < 1.29 is 18.3 Å². The van der Waals surface area contributed by atoms with E-state index in [1.807, 2.05) is 7.05 Å². The van der Waals surface area contributed by atoms with Crippen molar-refractivity contribution in [2.24, 2.45) is 0 Å². The maximum absolute atomic E-state index is 12.1. The number of rotatable bonds is 7. The van der Waals surface area contributed by atoms with Crippen molar-refractivity contribution in [3.8, 4) is 5.75 Å². The summed E-state index contributed by atoms with van der Waals surface area (Å²) in [6.07, 6.45) is 2.23. The average molecular weight is 364 g/mol. The fourth-order valence-corrected chi connectivity index (χ4v) is 2.68. The van der Waals surface area contributed by atoms with Crippen LogP contribution in [0.2, 0.25) is 0 Å². The number of alkyl halides is 2. The van der Waals surface area contributed by atoms with Gasteiger partial charge in [0.15, 0.2) is 0 Å². The van der Waals surface area contributed by atoms with E-state index in [9.17, 15) is 13.6 Å². The van der Waals surface area contributed by atoms with Crippen molar-refractivity contribution in [1.29, 1.82) is 0 Å². The molecule has 1 amide bonds. The topological polar surface area (TPSA) is 53.6 Å². The largest absolute Gasteiger partial charge is 0.435 e. The first kappa shape index (κ1) is 20.6. The van der Waals surface area contributed by atoms with E-state index >= 15 is 0 Å². The Morgan fingerprint density at radius 2 is 2.08 bits per heavy atom. The highest BCUT2D eigenvalue weighted by molar-refractivity contribution is 5.85. The molecule has 136 valence electrons. The van der Waals surface area contributed by atoms with Crippen LogP contribution in [0.5, 0.6) is 5.75 Å². The summed E-state index contributed by atoms with van der Waals surface area (Å²) in [5.41, 5.74) is 0.840. The lowest BCUT2D eigenvalue weighted by Gasteiger charge is -2.31. The lowest BCUT2D eigenvalue weighted by Crippen LogP contribution is -2.47. The molecule has 0 aromatic heterocycles. The van der Waals surface area contributed by atoms with Crippen LogP contribution in [-0.4, -0.2) is 50.1 Å². The zero-order valence-electron chi connectivity index (χ0n) is 13.6. The van der Waals surface area contributed by atoms with Gasteiger partial charge in [-0.1, -0.05) is 12.1 Å². The third-order valence-corrected chi connectivity index (χ3v) is 3.92. The van der Waals surface area contributed by atoms with Gasteiger partial charge in [0.25, 0.3) is 0 Å². The molecule has 1 heterocycles. The van der Waals surface area contributed by atoms with E-state index in [1.165, 1.54) is 12.1 Å². The minimum absolute atomic E-state index is 0. The van der Waals surface area contributed by atoms with Gasteiger partial charge in [0.05, 0.1) is 6.54 Å². The number of halogens is 3. The molecule has 1 saturated heterocycles. The molecule has 0 radical (unpaired) electrons. The highest BCUT2D eigenvalue weighted by Gasteiger charge is 2.20. The zero-order valence-corrected chi connectivity index (χ0v) is 14.5. The smallest absolute Gasteiger partial charge is 0.387 e. The highest BCUT2D eigenvalue weighted by Crippen LogP contribution is 2.14. The van der Waals surface area contributed by atoms with E-state index in [-0.39, 0.29) is 24.1 Å². The molecule has 0 aliphatic carbocycles. The number of hydrogen-bond donors (Lipinski definition) is 2. The molecule has 1 aromatic carbocycles. The molecule has 1 aliphatic heterocycles. The number of carbonyl (C=O) groups excluding carboxylic acids is 1. The Kier molecular flexibility index (Phi) is 8.95. The Bertz CT molecular complexity index is 503. The van der Waals surface area contributed by atoms with E-state index in [2.05, 4.69) is 20.3 Å². The number of benzene rings is 1. The van der Waals surface area contributed by atoms with Crippen LogP contribution in [0.15, 0.2) is 24.3 Å². The van der Waals surface area contributed by atoms with Crippen LogP contribution in [0.25, 0.3) is 0 Å². The maximum Gasteiger partial charge on any atom is 0.387 e. The SMILES string of the molecule is CNC1CCCN(CC(=O)NCc2ccc(OC(F)F)cc2)C1.Cl. The zero-order chi connectivity index (χ0) is 16.7. The number of likely N-dealkylation sites (tertiary alicyclic amines) is 1. The second-order valence-corrected chi connectivity index (χ2v) is 5.66. The Morgan fingerprint density at radius 3 is 2.71 bits per heavy atom. The van der Waals surface area contributed by atoms with Crippen molar-refractivity contribution >= 4 is 18.3 Å². The summed E-state index contributed by atoms with van der Waals surface area (Å²) < 4.78 is 28.4. The average Bonchev–Trinajstić information content (AvgIpc) is 2.54. The van der Waals surface area contributed by atoms with E-state index < -0.39 is 6.61 Å². The minimum Gasteiger partial charge on any atom is -0.435 e. The number of ether oxygens (including phenoxy) is 1. The summed E-state index contributed by atoms with van der Waals surface area (Å²) in [7, 11) is 1.94. The Balaban J connectivity index is 0.00000288. The third kappa shape index (κ3) is 6.98. The first-order valence-electron chi connectivity index (χ1n) is 7.77. The van der Waals surface area contributed by atoms with Crippen LogP contribution in [0.4, 0.5) is 8.78 Å². The summed E-state index contributed by atoms with van der Waals surface area (Å²) in [5.74, 6) is 0.0798. The predicted octanol–water partition coefficient (Wildman–Crippen LogP) is 2.01. The standard InChI is InChI=1S/C16H23F2N3O2.ClH/c1-19-13-3-2-8-21(10-13)11-15(22)20-9-12-4-6-14(7-5-12)23-16(17)18;/h4-7,13,16,19H,2-3,8-11H2,1H3,(H,20,22);1H. The van der Waals surface area contributed by atoms with Gasteiger partial charge in [0, 0.05) is 19.1 Å². The molecule has 8 heteroatoms. The van der Waals surface area contributed by atoms with E-state index in [4.69, 9.17) is 0 Å². The molecule has 1 unspecified atom stereocenters. The lowest BCUT2D eigenvalue weighted by molar-refractivity contribution is -0.122. The van der Waals surface area contributed by atoms with Crippen LogP contribution in [0.3, 0.4) is 0 Å². The fraction of sp³-hybridized carbons (Fsp3) is 0.562. The second kappa shape index (κ2) is 10.4. The molecule has 1 atom stereocenters. The van der Waals surface area contributed by atoms with Crippen molar-refractivity contribution in [2.45, 2.75) is 32.0 Å². The van der Waals surface area contributed by atoms with Crippen LogP contribution in [-0.2, 0) is 11.3 Å². The number of hydrogen-bond acceptors (Lipinski definition) is 4. The predicted molar refractivity (Wildman–Crippen MR) is 90.7 cm³/mol. The number of nitrogens with one attached hydrogen (secondary N) is 2. The monoisotopic (exact) mass is 363 g/mol. The van der Waals surface area contributed by atoms with Gasteiger partial charge < -0.3 is 15.4 Å². The number of amides is 1. The Morgan fingerprint density at radius 1 is 1.38 bits per heavy atom. The number of piperidine rings is 1. The number of carbonyl (C=O) groups is 1. The van der Waals surface area contributed by atoms with Crippen LogP contribution >= 0.6 is 12.4 Å². The molecular weight excluding hydrogens is 340 g/mol. The number of likely N-dealkylation sites (N-methyl/N-ethyl adjacent to an activating group) is 1. The first-order chi connectivity index (χ1) is 11.1. The maximum atomic E-state index is 12.1. The summed E-state index contributed by atoms with van der Waals surface area (Å²) in [6.45, 7) is -0.261. The Hall–Kier alpha value is -1.44. The molecule has 24 heavy (non-hydrogen) atoms. The molecule has 0 bridgehead atoms. The van der Waals surface area contributed by atoms with E-state index in [1.54, 1.807) is 12.1 Å². The van der Waals surface area contributed by atoms with Gasteiger partial charge in [-0.05, 0) is 44.1 Å². The van der Waals surface area contributed by atoms with Crippen molar-refractivity contribution in [1.82, 2.24) is 15.5 Å². The normalized spacial score (nSPS) is 18.1. The third-order valence-electron chi connectivity index (χ3n) is 3.92. The van der Waals surface area contributed by atoms with Gasteiger partial charge in [-0.25, -0.2) is 0 Å². The van der Waals surface area contributed by atoms with Crippen LogP contribution < -0.4 is 15.4 Å². The summed E-state index contributed by atoms with van der Waals surface area (Å²) in [5, 5.41) is 6.09. The molecule has 1 aliphatic rings. The summed E-state index contributed by atoms with van der Waals surface area (Å²) in [4.78, 5) is 14.1. The molecule has 2 rings (SSSR count). The molecular formula is C16H24ClF2N3O2. The molecule has 0 spiro atoms. The first-order valence-corrected chi connectivity index (χ1v) is 7.77. The molecule has 2 N–H and O–H groups in total. The van der Waals surface area contributed by atoms with Gasteiger partial charge in [-0.15, -0.1) is 12.4 Å². The Labute approximate surface area is 147 Å². The van der Waals surface area contributed by atoms with Gasteiger partial charge in [0.1, 0.15) is 5.75 Å². The molecule has 5 nitrogen and oxygen atoms in total. The van der Waals surface area contributed by atoms with Gasteiger partial charge in [-0.3, -0.25) is 9.69 Å². The molecule has 1 aromatic rings. The molecule has 1 fully saturated rings. The van der Waals surface area contributed by atoms with Crippen molar-refractivity contribution in [3.05, 3.63) is 29.8 Å². The number of nitrogens with zero attached hydrogens (tertiary/aromatic N) is 1. The van der Waals surface area contributed by atoms with Gasteiger partial charge in [-0.2, -0.15) is 8.78 Å². The van der Waals surface area contributed by atoms with E-state index in [0.29, 0.717) is 19.1 Å². The second-order valence-electron chi connectivity index (χ2n) is 5.66. The fourth-order valence-electron chi connectivity index (χ4n) is 2.68. The quantitative estimate of drug-likeness (QED) is 0.778. The minimum atomic E-state index is -2.83. The lowest BCUT2D eigenvalue weighted by atomic mass is 10.1. The summed E-state index contributed by atoms with van der Waals surface area (Å²) >= 11 is 0. The van der Waals surface area contributed by atoms with Crippen molar-refractivity contribution in [3.63, 3.8) is 0 Å². The van der Waals surface area contributed by atoms with Crippen LogP contribution in [0.1, 0.15) is 18.4 Å².